The van der Waals surface area contributed by atoms with E-state index in [2.05, 4.69) is 10.3 Å². The number of fused-ring (bicyclic) bond motifs is 1. The number of benzene rings is 2. The van der Waals surface area contributed by atoms with Crippen LogP contribution in [0.15, 0.2) is 53.4 Å². The number of hydrogen-bond acceptors (Lipinski definition) is 4. The summed E-state index contributed by atoms with van der Waals surface area (Å²) in [4.78, 5) is 16.2. The molecule has 0 bridgehead atoms. The Labute approximate surface area is 165 Å². The number of anilines is 1. The van der Waals surface area contributed by atoms with Crippen molar-refractivity contribution in [2.24, 2.45) is 0 Å². The van der Waals surface area contributed by atoms with E-state index in [-0.39, 0.29) is 17.3 Å². The third-order valence-corrected chi connectivity index (χ3v) is 6.40. The summed E-state index contributed by atoms with van der Waals surface area (Å²) >= 11 is 0. The van der Waals surface area contributed by atoms with E-state index in [9.17, 15) is 13.2 Å². The molecule has 0 unspecified atom stereocenters. The molecule has 1 aromatic heterocycles. The van der Waals surface area contributed by atoms with E-state index < -0.39 is 10.0 Å². The van der Waals surface area contributed by atoms with Gasteiger partial charge in [-0.2, -0.15) is 4.31 Å². The van der Waals surface area contributed by atoms with Crippen LogP contribution in [0.4, 0.5) is 5.69 Å². The minimum absolute atomic E-state index is 0.119. The molecule has 1 amide bonds. The van der Waals surface area contributed by atoms with Gasteiger partial charge in [0.2, 0.25) is 15.9 Å². The van der Waals surface area contributed by atoms with Crippen molar-refractivity contribution in [2.75, 3.05) is 12.4 Å². The topological polar surface area (TPSA) is 84.3 Å². The number of imidazole rings is 1. The molecule has 0 aliphatic heterocycles. The zero-order chi connectivity index (χ0) is 20.3. The molecule has 2 aromatic carbocycles. The highest BCUT2D eigenvalue weighted by molar-refractivity contribution is 7.89. The average molecular weight is 401 g/mol. The fraction of sp³-hybridized carbons (Fsp3) is 0.300. The van der Waals surface area contributed by atoms with Crippen LogP contribution in [0.25, 0.3) is 11.0 Å². The van der Waals surface area contributed by atoms with Crippen molar-refractivity contribution in [3.05, 3.63) is 54.4 Å². The summed E-state index contributed by atoms with van der Waals surface area (Å²) < 4.78 is 29.2. The van der Waals surface area contributed by atoms with Crippen LogP contribution < -0.4 is 5.32 Å². The molecule has 3 rings (SSSR count). The molecule has 7 nitrogen and oxygen atoms in total. The van der Waals surface area contributed by atoms with Crippen molar-refractivity contribution in [1.29, 1.82) is 0 Å². The Morgan fingerprint density at radius 2 is 1.79 bits per heavy atom. The molecule has 28 heavy (non-hydrogen) atoms. The van der Waals surface area contributed by atoms with Gasteiger partial charge in [-0.1, -0.05) is 19.1 Å². The van der Waals surface area contributed by atoms with Crippen LogP contribution in [0.2, 0.25) is 0 Å². The highest BCUT2D eigenvalue weighted by Gasteiger charge is 2.23. The Bertz CT molecular complexity index is 1090. The minimum Gasteiger partial charge on any atom is -0.327 e. The lowest BCUT2D eigenvalue weighted by Crippen LogP contribution is -2.28. The number of carbonyl (C=O) groups is 1. The molecule has 0 atom stereocenters. The van der Waals surface area contributed by atoms with Crippen molar-refractivity contribution in [3.63, 3.8) is 0 Å². The first-order chi connectivity index (χ1) is 13.4. The Kier molecular flexibility index (Phi) is 5.81. The Hall–Kier alpha value is -2.71. The van der Waals surface area contributed by atoms with E-state index >= 15 is 0 Å². The van der Waals surface area contributed by atoms with E-state index in [1.54, 1.807) is 26.1 Å². The Morgan fingerprint density at radius 1 is 1.11 bits per heavy atom. The molecule has 0 saturated heterocycles. The second-order valence-corrected chi connectivity index (χ2v) is 8.49. The number of amides is 1. The van der Waals surface area contributed by atoms with Gasteiger partial charge in [0.15, 0.2) is 0 Å². The maximum absolute atomic E-state index is 12.9. The lowest BCUT2D eigenvalue weighted by molar-refractivity contribution is -0.115. The second kappa shape index (κ2) is 8.12. The first-order valence-electron chi connectivity index (χ1n) is 9.17. The molecule has 1 heterocycles. The monoisotopic (exact) mass is 400 g/mol. The summed E-state index contributed by atoms with van der Waals surface area (Å²) in [5, 5.41) is 2.71. The van der Waals surface area contributed by atoms with Gasteiger partial charge >= 0.3 is 0 Å². The first kappa shape index (κ1) is 20.0. The number of sulfonamides is 1. The molecule has 0 aliphatic carbocycles. The predicted molar refractivity (Wildman–Crippen MR) is 109 cm³/mol. The van der Waals surface area contributed by atoms with Gasteiger partial charge in [-0.15, -0.1) is 0 Å². The Balaban J connectivity index is 1.83. The zero-order valence-corrected chi connectivity index (χ0v) is 17.0. The number of para-hydroxylation sites is 2. The summed E-state index contributed by atoms with van der Waals surface area (Å²) in [6, 6.07) is 13.9. The van der Waals surface area contributed by atoms with Crippen LogP contribution in [-0.2, 0) is 27.9 Å². The van der Waals surface area contributed by atoms with Crippen LogP contribution in [0.3, 0.4) is 0 Å². The van der Waals surface area contributed by atoms with Gasteiger partial charge in [-0.25, -0.2) is 13.4 Å². The number of aryl methyl sites for hydroxylation is 1. The molecule has 0 radical (unpaired) electrons. The van der Waals surface area contributed by atoms with Gasteiger partial charge in [0.1, 0.15) is 5.82 Å². The van der Waals surface area contributed by atoms with Crippen molar-refractivity contribution >= 4 is 32.7 Å². The summed E-state index contributed by atoms with van der Waals surface area (Å²) in [6.45, 7) is 4.64. The molecule has 1 N–H and O–H groups in total. The van der Waals surface area contributed by atoms with Crippen LogP contribution in [0, 0.1) is 0 Å². The lowest BCUT2D eigenvalue weighted by atomic mass is 10.3. The van der Waals surface area contributed by atoms with Gasteiger partial charge < -0.3 is 9.88 Å². The van der Waals surface area contributed by atoms with Crippen molar-refractivity contribution in [1.82, 2.24) is 13.9 Å². The van der Waals surface area contributed by atoms with Crippen molar-refractivity contribution < 1.29 is 13.2 Å². The molecule has 0 saturated carbocycles. The molecular formula is C20H24N4O3S. The fourth-order valence-electron chi connectivity index (χ4n) is 3.02. The van der Waals surface area contributed by atoms with Crippen molar-refractivity contribution in [3.8, 4) is 0 Å². The van der Waals surface area contributed by atoms with Gasteiger partial charge in [0, 0.05) is 25.7 Å². The predicted octanol–water partition coefficient (Wildman–Crippen LogP) is 3.23. The van der Waals surface area contributed by atoms with E-state index in [1.165, 1.54) is 16.4 Å². The standard InChI is InChI=1S/C20H24N4O3S/c1-4-20(25)21-15-10-12-16(13-11-15)28(26,27)23(3)14-19-22-17-8-6-7-9-18(17)24(19)5-2/h6-13H,4-5,14H2,1-3H3,(H,21,25). The smallest absolute Gasteiger partial charge is 0.243 e. The largest absolute Gasteiger partial charge is 0.327 e. The zero-order valence-electron chi connectivity index (χ0n) is 16.2. The number of rotatable bonds is 7. The molecule has 3 aromatic rings. The summed E-state index contributed by atoms with van der Waals surface area (Å²) in [6.07, 6.45) is 0.362. The second-order valence-electron chi connectivity index (χ2n) is 6.45. The first-order valence-corrected chi connectivity index (χ1v) is 10.6. The number of nitrogens with zero attached hydrogens (tertiary/aromatic N) is 3. The summed E-state index contributed by atoms with van der Waals surface area (Å²) in [5.74, 6) is 0.577. The Morgan fingerprint density at radius 3 is 2.43 bits per heavy atom. The molecular weight excluding hydrogens is 376 g/mol. The third kappa shape index (κ3) is 3.93. The van der Waals surface area contributed by atoms with Crippen molar-refractivity contribution in [2.45, 2.75) is 38.3 Å². The van der Waals surface area contributed by atoms with Crippen LogP contribution >= 0.6 is 0 Å². The normalized spacial score (nSPS) is 11.9. The number of aromatic nitrogens is 2. The molecule has 0 fully saturated rings. The summed E-state index contributed by atoms with van der Waals surface area (Å²) in [5.41, 5.74) is 2.41. The van der Waals surface area contributed by atoms with E-state index in [0.29, 0.717) is 24.5 Å². The van der Waals surface area contributed by atoms with E-state index in [1.807, 2.05) is 35.8 Å². The van der Waals surface area contributed by atoms with Crippen LogP contribution in [0.5, 0.6) is 0 Å². The van der Waals surface area contributed by atoms with Crippen LogP contribution in [0.1, 0.15) is 26.1 Å². The van der Waals surface area contributed by atoms with Gasteiger partial charge in [-0.3, -0.25) is 4.79 Å². The quantitative estimate of drug-likeness (QED) is 0.660. The maximum Gasteiger partial charge on any atom is 0.243 e. The van der Waals surface area contributed by atoms with Gasteiger partial charge in [-0.05, 0) is 43.3 Å². The van der Waals surface area contributed by atoms with E-state index in [0.717, 1.165) is 11.0 Å². The highest BCUT2D eigenvalue weighted by atomic mass is 32.2. The molecule has 148 valence electrons. The number of hydrogen-bond donors (Lipinski definition) is 1. The minimum atomic E-state index is -3.68. The van der Waals surface area contributed by atoms with Gasteiger partial charge in [0.25, 0.3) is 0 Å². The fourth-order valence-corrected chi connectivity index (χ4v) is 4.15. The SMILES string of the molecule is CCC(=O)Nc1ccc(S(=O)(=O)N(C)Cc2nc3ccccc3n2CC)cc1. The molecule has 8 heteroatoms. The van der Waals surface area contributed by atoms with Gasteiger partial charge in [0.05, 0.1) is 22.5 Å². The third-order valence-electron chi connectivity index (χ3n) is 4.58. The maximum atomic E-state index is 12.9. The lowest BCUT2D eigenvalue weighted by Gasteiger charge is -2.18. The molecule has 0 aliphatic rings. The number of carbonyl (C=O) groups excluding carboxylic acids is 1. The highest BCUT2D eigenvalue weighted by Crippen LogP contribution is 2.21. The average Bonchev–Trinajstić information content (AvgIpc) is 3.05. The molecule has 0 spiro atoms. The number of nitrogens with one attached hydrogen (secondary N) is 1. The summed E-state index contributed by atoms with van der Waals surface area (Å²) in [7, 11) is -2.14. The van der Waals surface area contributed by atoms with Crippen LogP contribution in [-0.4, -0.2) is 35.2 Å². The van der Waals surface area contributed by atoms with E-state index in [4.69, 9.17) is 0 Å².